The number of nitrogens with zero attached hydrogens (tertiary/aromatic N) is 1. The van der Waals surface area contributed by atoms with Crippen LogP contribution in [-0.2, 0) is 9.53 Å². The molecule has 0 aliphatic rings. The Morgan fingerprint density at radius 1 is 1.44 bits per heavy atom. The average Bonchev–Trinajstić information content (AvgIpc) is 2.12. The molecule has 0 rings (SSSR count). The fourth-order valence-electron chi connectivity index (χ4n) is 0.842. The van der Waals surface area contributed by atoms with Crippen LogP contribution >= 0.6 is 0 Å². The summed E-state index contributed by atoms with van der Waals surface area (Å²) in [5.41, 5.74) is 0. The van der Waals surface area contributed by atoms with Gasteiger partial charge in [-0.2, -0.15) is 13.2 Å². The summed E-state index contributed by atoms with van der Waals surface area (Å²) in [4.78, 5) is 13.1. The molecule has 0 aromatic heterocycles. The highest BCUT2D eigenvalue weighted by atomic mass is 19.4. The third-order valence-electron chi connectivity index (χ3n) is 1.72. The Bertz CT molecular complexity index is 219. The molecule has 0 aromatic rings. The first kappa shape index (κ1) is 15.2. The lowest BCUT2D eigenvalue weighted by Gasteiger charge is -2.15. The zero-order chi connectivity index (χ0) is 12.8. The predicted molar refractivity (Wildman–Crippen MR) is 53.0 cm³/mol. The van der Waals surface area contributed by atoms with E-state index in [1.807, 2.05) is 19.0 Å². The van der Waals surface area contributed by atoms with E-state index in [9.17, 15) is 18.0 Å². The molecule has 0 unspecified atom stereocenters. The average molecular weight is 242 g/mol. The monoisotopic (exact) mass is 242 g/mol. The van der Waals surface area contributed by atoms with Gasteiger partial charge in [0.05, 0.1) is 0 Å². The number of ether oxygens (including phenoxy) is 1. The van der Waals surface area contributed by atoms with Crippen LogP contribution in [0.4, 0.5) is 13.2 Å². The first-order chi connectivity index (χ1) is 7.22. The maximum Gasteiger partial charge on any atom is 0.411 e. The highest BCUT2D eigenvalue weighted by Gasteiger charge is 2.29. The van der Waals surface area contributed by atoms with Gasteiger partial charge in [0.25, 0.3) is 0 Å². The van der Waals surface area contributed by atoms with Gasteiger partial charge in [-0.1, -0.05) is 0 Å². The van der Waals surface area contributed by atoms with E-state index in [0.29, 0.717) is 13.1 Å². The van der Waals surface area contributed by atoms with Gasteiger partial charge in [0, 0.05) is 13.1 Å². The second-order valence-electron chi connectivity index (χ2n) is 3.66. The molecule has 96 valence electrons. The maximum atomic E-state index is 11.8. The van der Waals surface area contributed by atoms with E-state index in [1.165, 1.54) is 6.92 Å². The van der Waals surface area contributed by atoms with Gasteiger partial charge in [0.15, 0.2) is 0 Å². The molecule has 0 aliphatic heterocycles. The molecule has 0 aliphatic carbocycles. The number of hydrogen-bond acceptors (Lipinski definition) is 3. The number of likely N-dealkylation sites (N-methyl/N-ethyl adjacent to an activating group) is 1. The molecule has 16 heavy (non-hydrogen) atoms. The third kappa shape index (κ3) is 8.49. The van der Waals surface area contributed by atoms with E-state index in [-0.39, 0.29) is 0 Å². The van der Waals surface area contributed by atoms with E-state index in [1.54, 1.807) is 0 Å². The van der Waals surface area contributed by atoms with Gasteiger partial charge in [-0.05, 0) is 21.0 Å². The van der Waals surface area contributed by atoms with Crippen molar-refractivity contribution < 1.29 is 22.7 Å². The summed E-state index contributed by atoms with van der Waals surface area (Å²) in [6, 6.07) is 0. The van der Waals surface area contributed by atoms with Crippen LogP contribution in [0.3, 0.4) is 0 Å². The molecule has 1 atom stereocenters. The normalized spacial score (nSPS) is 13.9. The van der Waals surface area contributed by atoms with Gasteiger partial charge in [0.1, 0.15) is 12.7 Å². The van der Waals surface area contributed by atoms with Crippen LogP contribution in [0.25, 0.3) is 0 Å². The summed E-state index contributed by atoms with van der Waals surface area (Å²) in [6.07, 6.45) is -5.50. The van der Waals surface area contributed by atoms with Crippen LogP contribution < -0.4 is 5.32 Å². The van der Waals surface area contributed by atoms with Crippen molar-refractivity contribution in [3.63, 3.8) is 0 Å². The lowest BCUT2D eigenvalue weighted by molar-refractivity contribution is -0.185. The summed E-state index contributed by atoms with van der Waals surface area (Å²) in [6.45, 7) is 0.884. The molecule has 0 spiro atoms. The molecular weight excluding hydrogens is 225 g/mol. The third-order valence-corrected chi connectivity index (χ3v) is 1.72. The summed E-state index contributed by atoms with van der Waals surface area (Å²) in [5.74, 6) is -0.536. The highest BCUT2D eigenvalue weighted by molar-refractivity contribution is 5.80. The number of alkyl halides is 3. The Morgan fingerprint density at radius 3 is 2.44 bits per heavy atom. The van der Waals surface area contributed by atoms with Gasteiger partial charge < -0.3 is 15.0 Å². The second kappa shape index (κ2) is 6.70. The molecule has 0 bridgehead atoms. The number of carbonyl (C=O) groups excluding carboxylic acids is 1. The van der Waals surface area contributed by atoms with Crippen molar-refractivity contribution in [1.82, 2.24) is 10.2 Å². The van der Waals surface area contributed by atoms with E-state index in [2.05, 4.69) is 10.1 Å². The Kier molecular flexibility index (Phi) is 6.35. The standard InChI is InChI=1S/C9H17F3N2O2/c1-7(16-6-9(10,11)12)8(15)13-4-5-14(2)3/h7H,4-6H2,1-3H3,(H,13,15)/t7-/m1/s1. The quantitative estimate of drug-likeness (QED) is 0.743. The van der Waals surface area contributed by atoms with Crippen LogP contribution in [0.1, 0.15) is 6.92 Å². The predicted octanol–water partition coefficient (Wildman–Crippen LogP) is 0.632. The van der Waals surface area contributed by atoms with Gasteiger partial charge in [-0.3, -0.25) is 4.79 Å². The van der Waals surface area contributed by atoms with Crippen molar-refractivity contribution in [2.24, 2.45) is 0 Å². The largest absolute Gasteiger partial charge is 0.411 e. The topological polar surface area (TPSA) is 41.6 Å². The number of nitrogens with one attached hydrogen (secondary N) is 1. The van der Waals surface area contributed by atoms with E-state index in [0.717, 1.165) is 0 Å². The van der Waals surface area contributed by atoms with Crippen LogP contribution in [0.5, 0.6) is 0 Å². The van der Waals surface area contributed by atoms with Crippen LogP contribution in [-0.4, -0.2) is 56.9 Å². The highest BCUT2D eigenvalue weighted by Crippen LogP contribution is 2.15. The molecule has 0 aromatic carbocycles. The van der Waals surface area contributed by atoms with Gasteiger partial charge in [-0.25, -0.2) is 0 Å². The smallest absolute Gasteiger partial charge is 0.359 e. The lowest BCUT2D eigenvalue weighted by atomic mass is 10.3. The molecular formula is C9H17F3N2O2. The molecule has 0 fully saturated rings. The van der Waals surface area contributed by atoms with Crippen LogP contribution in [0.2, 0.25) is 0 Å². The molecule has 1 N–H and O–H groups in total. The number of halogens is 3. The summed E-state index contributed by atoms with van der Waals surface area (Å²) < 4.78 is 39.7. The number of rotatable bonds is 6. The number of amides is 1. The first-order valence-electron chi connectivity index (χ1n) is 4.83. The second-order valence-corrected chi connectivity index (χ2v) is 3.66. The van der Waals surface area contributed by atoms with Crippen LogP contribution in [0, 0.1) is 0 Å². The number of hydrogen-bond donors (Lipinski definition) is 1. The minimum Gasteiger partial charge on any atom is -0.359 e. The minimum absolute atomic E-state index is 0.381. The summed E-state index contributed by atoms with van der Waals surface area (Å²) >= 11 is 0. The van der Waals surface area contributed by atoms with E-state index < -0.39 is 24.8 Å². The van der Waals surface area contributed by atoms with Crippen molar-refractivity contribution in [3.05, 3.63) is 0 Å². The van der Waals surface area contributed by atoms with Crippen LogP contribution in [0.15, 0.2) is 0 Å². The molecule has 0 radical (unpaired) electrons. The molecule has 1 amide bonds. The molecule has 7 heteroatoms. The SMILES string of the molecule is C[C@@H](OCC(F)(F)F)C(=O)NCCN(C)C. The number of carbonyl (C=O) groups is 1. The van der Waals surface area contributed by atoms with Crippen molar-refractivity contribution in [2.75, 3.05) is 33.8 Å². The molecule has 0 saturated carbocycles. The van der Waals surface area contributed by atoms with Gasteiger partial charge in [-0.15, -0.1) is 0 Å². The maximum absolute atomic E-state index is 11.8. The minimum atomic E-state index is -4.40. The van der Waals surface area contributed by atoms with E-state index in [4.69, 9.17) is 0 Å². The Balaban J connectivity index is 3.74. The molecule has 0 heterocycles. The van der Waals surface area contributed by atoms with Gasteiger partial charge >= 0.3 is 6.18 Å². The van der Waals surface area contributed by atoms with Crippen molar-refractivity contribution in [1.29, 1.82) is 0 Å². The summed E-state index contributed by atoms with van der Waals surface area (Å²) in [7, 11) is 3.66. The first-order valence-corrected chi connectivity index (χ1v) is 4.83. The summed E-state index contributed by atoms with van der Waals surface area (Å²) in [5, 5.41) is 2.48. The Morgan fingerprint density at radius 2 is 2.00 bits per heavy atom. The molecule has 0 saturated heterocycles. The zero-order valence-electron chi connectivity index (χ0n) is 9.60. The lowest BCUT2D eigenvalue weighted by Crippen LogP contribution is -2.39. The van der Waals surface area contributed by atoms with Gasteiger partial charge in [0.2, 0.25) is 5.91 Å². The van der Waals surface area contributed by atoms with E-state index >= 15 is 0 Å². The fourth-order valence-corrected chi connectivity index (χ4v) is 0.842. The van der Waals surface area contributed by atoms with Crippen molar-refractivity contribution in [3.8, 4) is 0 Å². The van der Waals surface area contributed by atoms with Crippen molar-refractivity contribution >= 4 is 5.91 Å². The fraction of sp³-hybridized carbons (Fsp3) is 0.889. The molecule has 4 nitrogen and oxygen atoms in total. The van der Waals surface area contributed by atoms with Crippen molar-refractivity contribution in [2.45, 2.75) is 19.2 Å². The zero-order valence-corrected chi connectivity index (χ0v) is 9.60. The Hall–Kier alpha value is -0.820. The Labute approximate surface area is 92.7 Å².